The lowest BCUT2D eigenvalue weighted by Gasteiger charge is -2.35. The number of piperidine rings is 1. The number of aliphatic hydroxyl groups is 1. The molecule has 0 radical (unpaired) electrons. The molecule has 2 N–H and O–H groups in total. The molecule has 0 spiro atoms. The molecule has 2 heterocycles. The zero-order valence-electron chi connectivity index (χ0n) is 23.8. The smallest absolute Gasteiger partial charge is 0.227 e. The molecule has 1 fully saturated rings. The topological polar surface area (TPSA) is 89.0 Å². The van der Waals surface area contributed by atoms with E-state index in [-0.39, 0.29) is 29.2 Å². The fourth-order valence-electron chi connectivity index (χ4n) is 4.86. The number of anilines is 3. The summed E-state index contributed by atoms with van der Waals surface area (Å²) in [7, 11) is 2.98. The maximum atomic E-state index is 14.5. The van der Waals surface area contributed by atoms with Crippen molar-refractivity contribution in [3.63, 3.8) is 0 Å². The molecule has 1 saturated heterocycles. The number of halogens is 2. The van der Waals surface area contributed by atoms with Gasteiger partial charge in [0.15, 0.2) is 17.3 Å². The van der Waals surface area contributed by atoms with Gasteiger partial charge in [-0.15, -0.1) is 0 Å². The second-order valence-electron chi connectivity index (χ2n) is 10.8. The van der Waals surface area contributed by atoms with Gasteiger partial charge in [-0.25, -0.2) is 18.7 Å². The van der Waals surface area contributed by atoms with E-state index in [4.69, 9.17) is 14.2 Å². The lowest BCUT2D eigenvalue weighted by atomic mass is 9.88. The summed E-state index contributed by atoms with van der Waals surface area (Å²) >= 11 is 0. The zero-order chi connectivity index (χ0) is 28.9. The first kappa shape index (κ1) is 29.3. The number of aryl methyl sites for hydroxylation is 1. The van der Waals surface area contributed by atoms with E-state index >= 15 is 0 Å². The fraction of sp³-hybridized carbons (Fsp3) is 0.467. The first-order chi connectivity index (χ1) is 19.1. The Hall–Kier alpha value is -3.66. The van der Waals surface area contributed by atoms with E-state index in [1.54, 1.807) is 7.11 Å². The van der Waals surface area contributed by atoms with Gasteiger partial charge in [-0.05, 0) is 76.1 Å². The van der Waals surface area contributed by atoms with Crippen molar-refractivity contribution in [1.82, 2.24) is 9.97 Å². The van der Waals surface area contributed by atoms with Gasteiger partial charge in [-0.1, -0.05) is 0 Å². The molecule has 3 aromatic rings. The third-order valence-electron chi connectivity index (χ3n) is 7.23. The molecule has 0 bridgehead atoms. The molecule has 10 heteroatoms. The average molecular weight is 557 g/mol. The van der Waals surface area contributed by atoms with Crippen LogP contribution in [0.3, 0.4) is 0 Å². The largest absolute Gasteiger partial charge is 0.495 e. The number of methoxy groups -OCH3 is 2. The highest BCUT2D eigenvalue weighted by molar-refractivity contribution is 5.67. The fourth-order valence-corrected chi connectivity index (χ4v) is 4.86. The molecule has 0 aliphatic carbocycles. The molecule has 8 nitrogen and oxygen atoms in total. The lowest BCUT2D eigenvalue weighted by Crippen LogP contribution is -2.34. The van der Waals surface area contributed by atoms with E-state index in [9.17, 15) is 13.9 Å². The standard InChI is InChI=1S/C30H38F2N4O4/c1-19-14-26(39-5)28(32)23(27(19)31)18-40-22-16-33-29(34-17-22)35-21-6-7-24(25(15-21)38-4)36-12-9-20(10-13-36)8-11-30(2,3)37/h6-7,14-17,20,37H,8-13,18H2,1-5H3,(H,33,34,35). The Morgan fingerprint density at radius 2 is 1.70 bits per heavy atom. The third-order valence-corrected chi connectivity index (χ3v) is 7.23. The minimum atomic E-state index is -0.794. The lowest BCUT2D eigenvalue weighted by molar-refractivity contribution is 0.0621. The summed E-state index contributed by atoms with van der Waals surface area (Å²) in [4.78, 5) is 10.9. The van der Waals surface area contributed by atoms with E-state index < -0.39 is 17.2 Å². The van der Waals surface area contributed by atoms with E-state index in [0.29, 0.717) is 11.9 Å². The summed E-state index contributed by atoms with van der Waals surface area (Å²) < 4.78 is 45.2. The van der Waals surface area contributed by atoms with E-state index in [1.165, 1.54) is 32.5 Å². The second kappa shape index (κ2) is 12.7. The van der Waals surface area contributed by atoms with Crippen LogP contribution in [-0.4, -0.2) is 48.0 Å². The molecule has 1 aliphatic rings. The predicted octanol–water partition coefficient (Wildman–Crippen LogP) is 6.17. The SMILES string of the molecule is COc1cc(Nc2ncc(OCc3c(F)c(C)cc(OC)c3F)cn2)ccc1N1CCC(CCC(C)(C)O)CC1. The number of nitrogens with zero attached hydrogens (tertiary/aromatic N) is 3. The molecule has 2 aromatic carbocycles. The summed E-state index contributed by atoms with van der Waals surface area (Å²) in [6.07, 6.45) is 6.89. The molecule has 1 aromatic heterocycles. The highest BCUT2D eigenvalue weighted by Gasteiger charge is 2.24. The number of hydrogen-bond acceptors (Lipinski definition) is 8. The summed E-state index contributed by atoms with van der Waals surface area (Å²) in [5, 5.41) is 13.2. The molecule has 4 rings (SSSR count). The first-order valence-corrected chi connectivity index (χ1v) is 13.5. The van der Waals surface area contributed by atoms with E-state index in [0.717, 1.165) is 55.9 Å². The van der Waals surface area contributed by atoms with Crippen LogP contribution >= 0.6 is 0 Å². The minimum absolute atomic E-state index is 0.0404. The van der Waals surface area contributed by atoms with Crippen molar-refractivity contribution >= 4 is 17.3 Å². The molecule has 0 saturated carbocycles. The minimum Gasteiger partial charge on any atom is -0.495 e. The quantitative estimate of drug-likeness (QED) is 0.290. The second-order valence-corrected chi connectivity index (χ2v) is 10.8. The van der Waals surface area contributed by atoms with Gasteiger partial charge < -0.3 is 29.5 Å². The normalized spacial score (nSPS) is 14.2. The Kier molecular flexibility index (Phi) is 9.29. The van der Waals surface area contributed by atoms with Gasteiger partial charge in [0.2, 0.25) is 5.95 Å². The molecular formula is C30H38F2N4O4. The Labute approximate surface area is 234 Å². The van der Waals surface area contributed by atoms with Crippen molar-refractivity contribution in [1.29, 1.82) is 0 Å². The number of rotatable bonds is 11. The van der Waals surface area contributed by atoms with E-state index in [1.807, 2.05) is 32.0 Å². The van der Waals surface area contributed by atoms with Crippen molar-refractivity contribution in [3.8, 4) is 17.2 Å². The van der Waals surface area contributed by atoms with Crippen molar-refractivity contribution in [2.75, 3.05) is 37.5 Å². The van der Waals surface area contributed by atoms with Gasteiger partial charge in [0, 0.05) is 24.8 Å². The molecule has 216 valence electrons. The van der Waals surface area contributed by atoms with Gasteiger partial charge >= 0.3 is 0 Å². The van der Waals surface area contributed by atoms with Crippen LogP contribution in [-0.2, 0) is 6.61 Å². The molecule has 0 unspecified atom stereocenters. The van der Waals surface area contributed by atoms with Crippen LogP contribution in [0, 0.1) is 24.5 Å². The summed E-state index contributed by atoms with van der Waals surface area (Å²) in [6, 6.07) is 7.18. The maximum Gasteiger partial charge on any atom is 0.227 e. The Balaban J connectivity index is 1.35. The Morgan fingerprint density at radius 1 is 1.02 bits per heavy atom. The van der Waals surface area contributed by atoms with E-state index in [2.05, 4.69) is 20.2 Å². The number of ether oxygens (including phenoxy) is 3. The monoisotopic (exact) mass is 556 g/mol. The molecule has 1 aliphatic heterocycles. The zero-order valence-corrected chi connectivity index (χ0v) is 23.8. The van der Waals surface area contributed by atoms with Crippen molar-refractivity contribution in [2.45, 2.75) is 58.7 Å². The molecule has 40 heavy (non-hydrogen) atoms. The highest BCUT2D eigenvalue weighted by Crippen LogP contribution is 2.36. The van der Waals surface area contributed by atoms with Gasteiger partial charge in [0.1, 0.15) is 18.2 Å². The van der Waals surface area contributed by atoms with Gasteiger partial charge in [0.05, 0.1) is 43.5 Å². The Morgan fingerprint density at radius 3 is 2.33 bits per heavy atom. The van der Waals surface area contributed by atoms with Crippen LogP contribution < -0.4 is 24.4 Å². The van der Waals surface area contributed by atoms with Gasteiger partial charge in [0.25, 0.3) is 0 Å². The molecule has 0 amide bonds. The van der Waals surface area contributed by atoms with Crippen LogP contribution in [0.2, 0.25) is 0 Å². The summed E-state index contributed by atoms with van der Waals surface area (Å²) in [6.45, 7) is 6.81. The predicted molar refractivity (Wildman–Crippen MR) is 151 cm³/mol. The van der Waals surface area contributed by atoms with Crippen LogP contribution in [0.25, 0.3) is 0 Å². The highest BCUT2D eigenvalue weighted by atomic mass is 19.1. The van der Waals surface area contributed by atoms with Crippen molar-refractivity contribution in [3.05, 3.63) is 59.4 Å². The third kappa shape index (κ3) is 7.29. The van der Waals surface area contributed by atoms with Gasteiger partial charge in [-0.2, -0.15) is 0 Å². The number of aromatic nitrogens is 2. The van der Waals surface area contributed by atoms with Crippen LogP contribution in [0.5, 0.6) is 17.2 Å². The molecular weight excluding hydrogens is 518 g/mol. The maximum absolute atomic E-state index is 14.5. The number of hydrogen-bond donors (Lipinski definition) is 2. The first-order valence-electron chi connectivity index (χ1n) is 13.5. The summed E-state index contributed by atoms with van der Waals surface area (Å²) in [5.41, 5.74) is 1.22. The number of benzene rings is 2. The summed E-state index contributed by atoms with van der Waals surface area (Å²) in [5.74, 6) is 0.464. The van der Waals surface area contributed by atoms with Crippen LogP contribution in [0.15, 0.2) is 36.7 Å². The van der Waals surface area contributed by atoms with Crippen LogP contribution in [0.4, 0.5) is 26.1 Å². The van der Waals surface area contributed by atoms with Gasteiger partial charge in [-0.3, -0.25) is 0 Å². The molecule has 0 atom stereocenters. The Bertz CT molecular complexity index is 1290. The van der Waals surface area contributed by atoms with Crippen molar-refractivity contribution < 1.29 is 28.1 Å². The van der Waals surface area contributed by atoms with Crippen LogP contribution in [0.1, 0.15) is 50.7 Å². The number of nitrogens with one attached hydrogen (secondary N) is 1. The average Bonchev–Trinajstić information content (AvgIpc) is 2.94. The van der Waals surface area contributed by atoms with Crippen molar-refractivity contribution in [2.24, 2.45) is 5.92 Å².